The standard InChI is InChI=1S/C20H15O2/c1-3-9-16(10-4-1)20(17-11-5-2-6-12-17)18-13-7-8-14-19(18)21-15-22-20/h1-15H. The molecular formula is C20H15O2. The van der Waals surface area contributed by atoms with Gasteiger partial charge in [0.1, 0.15) is 5.75 Å². The Morgan fingerprint density at radius 2 is 1.14 bits per heavy atom. The van der Waals surface area contributed by atoms with Gasteiger partial charge < -0.3 is 9.47 Å². The van der Waals surface area contributed by atoms with Crippen LogP contribution in [0.4, 0.5) is 0 Å². The van der Waals surface area contributed by atoms with E-state index >= 15 is 0 Å². The second kappa shape index (κ2) is 5.32. The highest BCUT2D eigenvalue weighted by atomic mass is 16.7. The highest BCUT2D eigenvalue weighted by molar-refractivity contribution is 5.53. The third kappa shape index (κ3) is 1.92. The molecular weight excluding hydrogens is 272 g/mol. The van der Waals surface area contributed by atoms with Crippen LogP contribution in [-0.2, 0) is 10.3 Å². The van der Waals surface area contributed by atoms with Crippen molar-refractivity contribution in [2.75, 3.05) is 0 Å². The molecule has 0 aromatic heterocycles. The molecule has 0 atom stereocenters. The second-order valence-corrected chi connectivity index (χ2v) is 5.24. The Kier molecular flexibility index (Phi) is 3.17. The average Bonchev–Trinajstić information content (AvgIpc) is 2.63. The van der Waals surface area contributed by atoms with Crippen LogP contribution in [0.1, 0.15) is 16.7 Å². The highest BCUT2D eigenvalue weighted by Gasteiger charge is 2.42. The molecule has 1 radical (unpaired) electrons. The molecule has 0 saturated carbocycles. The Balaban J connectivity index is 2.04. The van der Waals surface area contributed by atoms with Crippen LogP contribution in [0.3, 0.4) is 0 Å². The summed E-state index contributed by atoms with van der Waals surface area (Å²) in [6.45, 7) is 1.43. The van der Waals surface area contributed by atoms with E-state index in [0.29, 0.717) is 0 Å². The molecule has 1 aliphatic heterocycles. The fourth-order valence-electron chi connectivity index (χ4n) is 3.03. The maximum atomic E-state index is 6.12. The first kappa shape index (κ1) is 13.1. The predicted octanol–water partition coefficient (Wildman–Crippen LogP) is 4.51. The van der Waals surface area contributed by atoms with Gasteiger partial charge in [-0.25, -0.2) is 0 Å². The number of rotatable bonds is 2. The first-order valence-electron chi connectivity index (χ1n) is 7.28. The van der Waals surface area contributed by atoms with Crippen molar-refractivity contribution >= 4 is 0 Å². The van der Waals surface area contributed by atoms with E-state index in [4.69, 9.17) is 9.47 Å². The summed E-state index contributed by atoms with van der Waals surface area (Å²) >= 11 is 0. The van der Waals surface area contributed by atoms with Crippen molar-refractivity contribution in [3.8, 4) is 5.75 Å². The number of hydrogen-bond acceptors (Lipinski definition) is 2. The summed E-state index contributed by atoms with van der Waals surface area (Å²) in [5, 5.41) is 0. The van der Waals surface area contributed by atoms with Gasteiger partial charge in [0.15, 0.2) is 5.60 Å². The highest BCUT2D eigenvalue weighted by Crippen LogP contribution is 2.47. The molecule has 0 bridgehead atoms. The zero-order chi connectivity index (χ0) is 14.8. The van der Waals surface area contributed by atoms with Crippen LogP contribution in [0.2, 0.25) is 0 Å². The molecule has 0 spiro atoms. The van der Waals surface area contributed by atoms with Crippen molar-refractivity contribution < 1.29 is 9.47 Å². The van der Waals surface area contributed by atoms with Gasteiger partial charge in [0.25, 0.3) is 6.79 Å². The van der Waals surface area contributed by atoms with Crippen molar-refractivity contribution in [3.63, 3.8) is 0 Å². The van der Waals surface area contributed by atoms with Crippen LogP contribution in [0.5, 0.6) is 5.75 Å². The van der Waals surface area contributed by atoms with Crippen molar-refractivity contribution in [2.24, 2.45) is 0 Å². The van der Waals surface area contributed by atoms with Crippen molar-refractivity contribution in [3.05, 3.63) is 108 Å². The largest absolute Gasteiger partial charge is 0.458 e. The van der Waals surface area contributed by atoms with Crippen LogP contribution < -0.4 is 4.74 Å². The van der Waals surface area contributed by atoms with E-state index in [2.05, 4.69) is 30.3 Å². The summed E-state index contributed by atoms with van der Waals surface area (Å²) in [5.41, 5.74) is 2.48. The number of benzene rings is 3. The molecule has 3 aromatic rings. The Bertz CT molecular complexity index is 726. The molecule has 0 saturated heterocycles. The molecule has 0 N–H and O–H groups in total. The maximum absolute atomic E-state index is 6.12. The van der Waals surface area contributed by atoms with E-state index in [1.807, 2.05) is 54.6 Å². The quantitative estimate of drug-likeness (QED) is 0.690. The lowest BCUT2D eigenvalue weighted by Gasteiger charge is -2.39. The normalized spacial score (nSPS) is 15.6. The molecule has 0 amide bonds. The molecule has 1 aliphatic rings. The van der Waals surface area contributed by atoms with Crippen LogP contribution in [0, 0.1) is 6.79 Å². The molecule has 107 valence electrons. The molecule has 4 rings (SSSR count). The molecule has 2 nitrogen and oxygen atoms in total. The Hall–Kier alpha value is -2.58. The fraction of sp³-hybridized carbons (Fsp3) is 0.0500. The molecule has 3 aromatic carbocycles. The Morgan fingerprint density at radius 1 is 0.591 bits per heavy atom. The van der Waals surface area contributed by atoms with Gasteiger partial charge in [-0.2, -0.15) is 0 Å². The molecule has 0 aliphatic carbocycles. The number of para-hydroxylation sites is 1. The lowest BCUT2D eigenvalue weighted by Crippen LogP contribution is -2.36. The second-order valence-electron chi connectivity index (χ2n) is 5.24. The first-order chi connectivity index (χ1) is 10.9. The number of hydrogen-bond donors (Lipinski definition) is 0. The van der Waals surface area contributed by atoms with Gasteiger partial charge in [0.05, 0.1) is 0 Å². The minimum atomic E-state index is -0.683. The summed E-state index contributed by atoms with van der Waals surface area (Å²) in [4.78, 5) is 0. The van der Waals surface area contributed by atoms with Crippen LogP contribution in [0.15, 0.2) is 84.9 Å². The molecule has 1 heterocycles. The van der Waals surface area contributed by atoms with Crippen molar-refractivity contribution in [1.82, 2.24) is 0 Å². The molecule has 22 heavy (non-hydrogen) atoms. The topological polar surface area (TPSA) is 18.5 Å². The third-order valence-electron chi connectivity index (χ3n) is 4.03. The van der Waals surface area contributed by atoms with E-state index in [9.17, 15) is 0 Å². The summed E-state index contributed by atoms with van der Waals surface area (Å²) in [5.74, 6) is 0.821. The smallest absolute Gasteiger partial charge is 0.264 e. The Morgan fingerprint density at radius 3 is 1.77 bits per heavy atom. The summed E-state index contributed by atoms with van der Waals surface area (Å²) in [6, 6.07) is 28.5. The zero-order valence-electron chi connectivity index (χ0n) is 12.0. The van der Waals surface area contributed by atoms with Gasteiger partial charge in [0.2, 0.25) is 0 Å². The fourth-order valence-corrected chi connectivity index (χ4v) is 3.03. The van der Waals surface area contributed by atoms with Crippen LogP contribution >= 0.6 is 0 Å². The lowest BCUT2D eigenvalue weighted by atomic mass is 9.79. The van der Waals surface area contributed by atoms with Gasteiger partial charge in [-0.1, -0.05) is 78.9 Å². The number of fused-ring (bicyclic) bond motifs is 1. The summed E-state index contributed by atoms with van der Waals surface area (Å²) < 4.78 is 11.7. The maximum Gasteiger partial charge on any atom is 0.264 e. The predicted molar refractivity (Wildman–Crippen MR) is 85.2 cm³/mol. The van der Waals surface area contributed by atoms with E-state index in [1.165, 1.54) is 6.79 Å². The average molecular weight is 287 g/mol. The molecule has 0 fully saturated rings. The van der Waals surface area contributed by atoms with E-state index in [0.717, 1.165) is 22.4 Å². The van der Waals surface area contributed by atoms with E-state index in [-0.39, 0.29) is 0 Å². The Labute approximate surface area is 129 Å². The van der Waals surface area contributed by atoms with Gasteiger partial charge in [-0.15, -0.1) is 0 Å². The van der Waals surface area contributed by atoms with E-state index in [1.54, 1.807) is 0 Å². The van der Waals surface area contributed by atoms with Gasteiger partial charge in [-0.3, -0.25) is 0 Å². The SMILES string of the molecule is [CH]1Oc2ccccc2C(c2ccccc2)(c2ccccc2)O1. The monoisotopic (exact) mass is 287 g/mol. The van der Waals surface area contributed by atoms with Gasteiger partial charge >= 0.3 is 0 Å². The third-order valence-corrected chi connectivity index (χ3v) is 4.03. The molecule has 2 heteroatoms. The van der Waals surface area contributed by atoms with Crippen LogP contribution in [0.25, 0.3) is 0 Å². The summed E-state index contributed by atoms with van der Waals surface area (Å²) in [7, 11) is 0. The van der Waals surface area contributed by atoms with Gasteiger partial charge in [-0.05, 0) is 17.2 Å². The van der Waals surface area contributed by atoms with Crippen molar-refractivity contribution in [1.29, 1.82) is 0 Å². The van der Waals surface area contributed by atoms with Gasteiger partial charge in [0, 0.05) is 5.56 Å². The minimum absolute atomic E-state index is 0.683. The lowest BCUT2D eigenvalue weighted by molar-refractivity contribution is -0.0268. The zero-order valence-corrected chi connectivity index (χ0v) is 12.0. The van der Waals surface area contributed by atoms with Crippen molar-refractivity contribution in [2.45, 2.75) is 5.60 Å². The van der Waals surface area contributed by atoms with Crippen LogP contribution in [-0.4, -0.2) is 0 Å². The minimum Gasteiger partial charge on any atom is -0.458 e. The van der Waals surface area contributed by atoms with E-state index < -0.39 is 5.60 Å². The molecule has 0 unspecified atom stereocenters. The number of ether oxygens (including phenoxy) is 2. The summed E-state index contributed by atoms with van der Waals surface area (Å²) in [6.07, 6.45) is 0. The first-order valence-corrected chi connectivity index (χ1v) is 7.28.